The molecule has 2 aromatic rings. The first-order valence-electron chi connectivity index (χ1n) is 8.29. The fraction of sp³-hybridized carbons (Fsp3) is 0.562. The van der Waals surface area contributed by atoms with E-state index in [0.29, 0.717) is 6.04 Å². The van der Waals surface area contributed by atoms with E-state index in [4.69, 9.17) is 4.42 Å². The number of aromatic nitrogens is 3. The van der Waals surface area contributed by atoms with Crippen molar-refractivity contribution < 1.29 is 4.42 Å². The summed E-state index contributed by atoms with van der Waals surface area (Å²) in [4.78, 5) is 8.88. The van der Waals surface area contributed by atoms with Crippen molar-refractivity contribution in [1.82, 2.24) is 25.4 Å². The first-order valence-corrected chi connectivity index (χ1v) is 8.29. The van der Waals surface area contributed by atoms with Crippen molar-refractivity contribution in [2.75, 3.05) is 13.1 Å². The Morgan fingerprint density at radius 2 is 2.42 bits per heavy atom. The van der Waals surface area contributed by atoms with Crippen molar-refractivity contribution in [3.63, 3.8) is 0 Å². The molecule has 0 bridgehead atoms. The van der Waals surface area contributed by atoms with Crippen LogP contribution in [0.1, 0.15) is 31.4 Å². The van der Waals surface area contributed by atoms with Gasteiger partial charge in [0.2, 0.25) is 0 Å². The topological polar surface area (TPSA) is 80.3 Å². The van der Waals surface area contributed by atoms with Gasteiger partial charge in [0.05, 0.1) is 12.8 Å². The summed E-state index contributed by atoms with van der Waals surface area (Å²) in [5.41, 5.74) is 0. The Bertz CT molecular complexity index is 624. The molecule has 0 spiro atoms. The van der Waals surface area contributed by atoms with Crippen LogP contribution in [0.15, 0.2) is 34.1 Å². The van der Waals surface area contributed by atoms with Gasteiger partial charge < -0.3 is 15.1 Å². The van der Waals surface area contributed by atoms with Crippen LogP contribution < -0.4 is 10.6 Å². The number of aryl methyl sites for hydroxylation is 1. The Balaban J connectivity index is 0.00000208. The zero-order valence-corrected chi connectivity index (χ0v) is 16.3. The summed E-state index contributed by atoms with van der Waals surface area (Å²) in [5.74, 6) is 2.92. The predicted octanol–water partition coefficient (Wildman–Crippen LogP) is 1.99. The van der Waals surface area contributed by atoms with Crippen molar-refractivity contribution in [2.24, 2.45) is 4.99 Å². The first-order chi connectivity index (χ1) is 11.3. The molecular formula is C16H25IN6O. The molecule has 0 amide bonds. The minimum absolute atomic E-state index is 0. The van der Waals surface area contributed by atoms with E-state index in [0.717, 1.165) is 62.9 Å². The standard InChI is InChI=1S/C16H24N6O.HI/c1-2-8-17-16(18-9-7-14-4-3-10-23-14)21-13-5-6-15-19-12-20-22(15)11-13;/h3-4,10,12-13H,2,5-9,11H2,1H3,(H2,17,18,21);1H. The molecule has 2 N–H and O–H groups in total. The Morgan fingerprint density at radius 3 is 3.21 bits per heavy atom. The van der Waals surface area contributed by atoms with Crippen LogP contribution in [-0.4, -0.2) is 39.9 Å². The molecule has 3 rings (SSSR count). The Hall–Kier alpha value is -1.58. The van der Waals surface area contributed by atoms with Gasteiger partial charge in [-0.05, 0) is 25.0 Å². The minimum atomic E-state index is 0. The number of nitrogens with zero attached hydrogens (tertiary/aromatic N) is 4. The summed E-state index contributed by atoms with van der Waals surface area (Å²) in [6.45, 7) is 4.58. The monoisotopic (exact) mass is 444 g/mol. The highest BCUT2D eigenvalue weighted by Gasteiger charge is 2.20. The molecule has 0 saturated carbocycles. The molecule has 8 heteroatoms. The average molecular weight is 444 g/mol. The molecule has 1 atom stereocenters. The summed E-state index contributed by atoms with van der Waals surface area (Å²) >= 11 is 0. The molecule has 0 saturated heterocycles. The van der Waals surface area contributed by atoms with Gasteiger partial charge in [-0.15, -0.1) is 24.0 Å². The smallest absolute Gasteiger partial charge is 0.191 e. The third-order valence-corrected chi connectivity index (χ3v) is 3.88. The van der Waals surface area contributed by atoms with Crippen LogP contribution in [0, 0.1) is 0 Å². The molecule has 7 nitrogen and oxygen atoms in total. The molecule has 1 aliphatic heterocycles. The van der Waals surface area contributed by atoms with E-state index in [1.54, 1.807) is 12.6 Å². The highest BCUT2D eigenvalue weighted by molar-refractivity contribution is 14.0. The number of guanidine groups is 1. The maximum absolute atomic E-state index is 5.36. The molecule has 24 heavy (non-hydrogen) atoms. The van der Waals surface area contributed by atoms with Gasteiger partial charge in [-0.25, -0.2) is 9.67 Å². The number of hydrogen-bond donors (Lipinski definition) is 2. The van der Waals surface area contributed by atoms with E-state index in [1.807, 2.05) is 16.8 Å². The normalized spacial score (nSPS) is 17.0. The second kappa shape index (κ2) is 9.65. The third-order valence-electron chi connectivity index (χ3n) is 3.88. The van der Waals surface area contributed by atoms with Crippen LogP contribution in [0.2, 0.25) is 0 Å². The lowest BCUT2D eigenvalue weighted by atomic mass is 10.1. The number of aliphatic imine (C=N–C) groups is 1. The molecule has 0 aromatic carbocycles. The van der Waals surface area contributed by atoms with Gasteiger partial charge in [0.15, 0.2) is 5.96 Å². The fourth-order valence-electron chi connectivity index (χ4n) is 2.68. The lowest BCUT2D eigenvalue weighted by Crippen LogP contribution is -2.47. The van der Waals surface area contributed by atoms with E-state index < -0.39 is 0 Å². The molecule has 1 aliphatic rings. The molecule has 0 radical (unpaired) electrons. The van der Waals surface area contributed by atoms with Gasteiger partial charge in [0, 0.05) is 32.0 Å². The second-order valence-electron chi connectivity index (χ2n) is 5.72. The fourth-order valence-corrected chi connectivity index (χ4v) is 2.68. The number of fused-ring (bicyclic) bond motifs is 1. The molecule has 2 aromatic heterocycles. The SMILES string of the molecule is CCCN=C(NCCc1ccco1)NC1CCc2ncnn2C1.I. The first kappa shape index (κ1) is 18.8. The van der Waals surface area contributed by atoms with Crippen molar-refractivity contribution >= 4 is 29.9 Å². The van der Waals surface area contributed by atoms with Crippen LogP contribution in [0.3, 0.4) is 0 Å². The van der Waals surface area contributed by atoms with Gasteiger partial charge in [-0.1, -0.05) is 6.92 Å². The number of furan rings is 1. The molecular weight excluding hydrogens is 419 g/mol. The average Bonchev–Trinajstić information content (AvgIpc) is 3.23. The van der Waals surface area contributed by atoms with Crippen molar-refractivity contribution in [3.05, 3.63) is 36.3 Å². The van der Waals surface area contributed by atoms with Gasteiger partial charge >= 0.3 is 0 Å². The second-order valence-corrected chi connectivity index (χ2v) is 5.72. The van der Waals surface area contributed by atoms with Crippen molar-refractivity contribution in [1.29, 1.82) is 0 Å². The lowest BCUT2D eigenvalue weighted by molar-refractivity contribution is 0.392. The van der Waals surface area contributed by atoms with E-state index in [2.05, 4.69) is 32.6 Å². The summed E-state index contributed by atoms with van der Waals surface area (Å²) < 4.78 is 7.33. The molecule has 0 fully saturated rings. The molecule has 1 unspecified atom stereocenters. The van der Waals surface area contributed by atoms with Crippen LogP contribution in [0.5, 0.6) is 0 Å². The van der Waals surface area contributed by atoms with Gasteiger partial charge in [0.25, 0.3) is 0 Å². The predicted molar refractivity (Wildman–Crippen MR) is 104 cm³/mol. The zero-order chi connectivity index (χ0) is 15.9. The van der Waals surface area contributed by atoms with Crippen LogP contribution in [0.4, 0.5) is 0 Å². The lowest BCUT2D eigenvalue weighted by Gasteiger charge is -2.25. The van der Waals surface area contributed by atoms with Gasteiger partial charge in [-0.2, -0.15) is 5.10 Å². The Morgan fingerprint density at radius 1 is 1.50 bits per heavy atom. The van der Waals surface area contributed by atoms with E-state index in [-0.39, 0.29) is 24.0 Å². The van der Waals surface area contributed by atoms with E-state index >= 15 is 0 Å². The van der Waals surface area contributed by atoms with Crippen LogP contribution >= 0.6 is 24.0 Å². The van der Waals surface area contributed by atoms with E-state index in [9.17, 15) is 0 Å². The maximum atomic E-state index is 5.36. The highest BCUT2D eigenvalue weighted by Crippen LogP contribution is 2.11. The number of rotatable bonds is 6. The number of hydrogen-bond acceptors (Lipinski definition) is 4. The van der Waals surface area contributed by atoms with Crippen LogP contribution in [-0.2, 0) is 19.4 Å². The highest BCUT2D eigenvalue weighted by atomic mass is 127. The van der Waals surface area contributed by atoms with Crippen molar-refractivity contribution in [3.8, 4) is 0 Å². The molecule has 0 aliphatic carbocycles. The quantitative estimate of drug-likeness (QED) is 0.405. The zero-order valence-electron chi connectivity index (χ0n) is 13.9. The summed E-state index contributed by atoms with van der Waals surface area (Å²) in [6, 6.07) is 4.24. The Kier molecular flexibility index (Phi) is 7.54. The largest absolute Gasteiger partial charge is 0.469 e. The Labute approximate surface area is 159 Å². The summed E-state index contributed by atoms with van der Waals surface area (Å²) in [7, 11) is 0. The summed E-state index contributed by atoms with van der Waals surface area (Å²) in [6.07, 6.45) is 7.21. The van der Waals surface area contributed by atoms with Gasteiger partial charge in [0.1, 0.15) is 17.9 Å². The minimum Gasteiger partial charge on any atom is -0.469 e. The van der Waals surface area contributed by atoms with Gasteiger partial charge in [-0.3, -0.25) is 4.99 Å². The van der Waals surface area contributed by atoms with Crippen molar-refractivity contribution in [2.45, 2.75) is 45.2 Å². The van der Waals surface area contributed by atoms with Crippen LogP contribution in [0.25, 0.3) is 0 Å². The third kappa shape index (κ3) is 5.22. The summed E-state index contributed by atoms with van der Waals surface area (Å²) in [5, 5.41) is 11.2. The maximum Gasteiger partial charge on any atom is 0.191 e. The molecule has 3 heterocycles. The number of halogens is 1. The number of nitrogens with one attached hydrogen (secondary N) is 2. The van der Waals surface area contributed by atoms with E-state index in [1.165, 1.54) is 0 Å². The molecule has 132 valence electrons.